The van der Waals surface area contributed by atoms with E-state index in [1.165, 1.54) is 35.2 Å². The molecule has 2 amide bonds. The monoisotopic (exact) mass is 629 g/mol. The third kappa shape index (κ3) is 8.27. The Balaban J connectivity index is 1.68. The van der Waals surface area contributed by atoms with Crippen LogP contribution in [-0.2, 0) is 26.0 Å². The van der Waals surface area contributed by atoms with E-state index < -0.39 is 28.5 Å². The average molecular weight is 631 g/mol. The third-order valence-corrected chi connectivity index (χ3v) is 9.79. The summed E-state index contributed by atoms with van der Waals surface area (Å²) in [7, 11) is -4.19. The van der Waals surface area contributed by atoms with E-state index in [1.807, 2.05) is 37.3 Å². The molecule has 1 saturated carbocycles. The van der Waals surface area contributed by atoms with Gasteiger partial charge in [-0.1, -0.05) is 97.9 Å². The van der Waals surface area contributed by atoms with Gasteiger partial charge in [0.1, 0.15) is 12.6 Å². The fourth-order valence-electron chi connectivity index (χ4n) is 5.37. The Hall–Kier alpha value is -3.07. The lowest BCUT2D eigenvalue weighted by atomic mass is 9.95. The molecule has 1 fully saturated rings. The quantitative estimate of drug-likeness (QED) is 0.248. The van der Waals surface area contributed by atoms with Crippen molar-refractivity contribution in [3.8, 4) is 0 Å². The number of nitrogens with zero attached hydrogens (tertiary/aromatic N) is 2. The second-order valence-corrected chi connectivity index (χ2v) is 13.3. The minimum absolute atomic E-state index is 0.0202. The molecule has 224 valence electrons. The summed E-state index contributed by atoms with van der Waals surface area (Å²) in [6.45, 7) is 1.58. The molecule has 0 radical (unpaired) electrons. The molecular formula is C32H37Cl2N3O4S. The van der Waals surface area contributed by atoms with E-state index >= 15 is 0 Å². The molecule has 0 unspecified atom stereocenters. The van der Waals surface area contributed by atoms with Gasteiger partial charge in [-0.05, 0) is 61.6 Å². The van der Waals surface area contributed by atoms with Gasteiger partial charge in [-0.3, -0.25) is 13.9 Å². The van der Waals surface area contributed by atoms with Gasteiger partial charge in [-0.2, -0.15) is 0 Å². The molecule has 1 aliphatic rings. The number of hydrogen-bond donors (Lipinski definition) is 1. The lowest BCUT2D eigenvalue weighted by Crippen LogP contribution is -2.54. The van der Waals surface area contributed by atoms with Crippen LogP contribution in [-0.4, -0.2) is 50.3 Å². The molecular weight excluding hydrogens is 593 g/mol. The molecule has 7 nitrogen and oxygen atoms in total. The molecule has 0 aliphatic heterocycles. The molecule has 0 saturated heterocycles. The zero-order chi connectivity index (χ0) is 30.1. The highest BCUT2D eigenvalue weighted by Gasteiger charge is 2.34. The van der Waals surface area contributed by atoms with Crippen molar-refractivity contribution in [3.63, 3.8) is 0 Å². The summed E-state index contributed by atoms with van der Waals surface area (Å²) in [4.78, 5) is 29.3. The summed E-state index contributed by atoms with van der Waals surface area (Å²) < 4.78 is 28.9. The fourth-order valence-corrected chi connectivity index (χ4v) is 7.31. The van der Waals surface area contributed by atoms with Gasteiger partial charge in [0, 0.05) is 22.6 Å². The van der Waals surface area contributed by atoms with Crippen LogP contribution in [0.4, 0.5) is 5.69 Å². The number of carbonyl (C=O) groups excluding carboxylic acids is 2. The highest BCUT2D eigenvalue weighted by molar-refractivity contribution is 7.92. The Morgan fingerprint density at radius 1 is 0.905 bits per heavy atom. The highest BCUT2D eigenvalue weighted by Crippen LogP contribution is 2.30. The Labute approximate surface area is 258 Å². The minimum atomic E-state index is -4.19. The smallest absolute Gasteiger partial charge is 0.264 e. The summed E-state index contributed by atoms with van der Waals surface area (Å²) >= 11 is 12.5. The standard InChI is InChI=1S/C32H37Cl2N3O4S/c1-2-30(32(39)35-27-14-8-4-9-15-27)36(19-18-24-12-6-3-7-13-24)31(38)23-37(28-21-25(33)20-26(34)22-28)42(40,41)29-16-10-5-11-17-29/h3,5-7,10-13,16-17,20-22,27,30H,2,4,8-9,14-15,18-19,23H2,1H3,(H,35,39)/t30-/m1/s1. The van der Waals surface area contributed by atoms with Crippen LogP contribution >= 0.6 is 23.2 Å². The SMILES string of the molecule is CC[C@H](C(=O)NC1CCCCC1)N(CCc1ccccc1)C(=O)CN(c1cc(Cl)cc(Cl)c1)S(=O)(=O)c1ccccc1. The molecule has 1 atom stereocenters. The summed E-state index contributed by atoms with van der Waals surface area (Å²) in [6, 6.07) is 21.3. The number of hydrogen-bond acceptors (Lipinski definition) is 4. The largest absolute Gasteiger partial charge is 0.352 e. The lowest BCUT2D eigenvalue weighted by molar-refractivity contribution is -0.140. The van der Waals surface area contributed by atoms with E-state index in [9.17, 15) is 18.0 Å². The minimum Gasteiger partial charge on any atom is -0.352 e. The van der Waals surface area contributed by atoms with Crippen LogP contribution in [0.1, 0.15) is 51.0 Å². The lowest BCUT2D eigenvalue weighted by Gasteiger charge is -2.34. The molecule has 1 N–H and O–H groups in total. The summed E-state index contributed by atoms with van der Waals surface area (Å²) in [5.74, 6) is -0.707. The van der Waals surface area contributed by atoms with Crippen molar-refractivity contribution in [2.45, 2.75) is 68.8 Å². The second kappa shape index (κ2) is 14.9. The maximum Gasteiger partial charge on any atom is 0.264 e. The predicted molar refractivity (Wildman–Crippen MR) is 168 cm³/mol. The Morgan fingerprint density at radius 2 is 1.50 bits per heavy atom. The summed E-state index contributed by atoms with van der Waals surface area (Å²) in [6.07, 6.45) is 6.00. The van der Waals surface area contributed by atoms with Crippen LogP contribution in [0.15, 0.2) is 83.8 Å². The van der Waals surface area contributed by atoms with Crippen LogP contribution in [0.2, 0.25) is 10.0 Å². The molecule has 0 bridgehead atoms. The number of halogens is 2. The second-order valence-electron chi connectivity index (χ2n) is 10.5. The molecule has 0 spiro atoms. The number of sulfonamides is 1. The van der Waals surface area contributed by atoms with Crippen LogP contribution in [0, 0.1) is 0 Å². The zero-order valence-electron chi connectivity index (χ0n) is 23.7. The Kier molecular flexibility index (Phi) is 11.3. The molecule has 42 heavy (non-hydrogen) atoms. The summed E-state index contributed by atoms with van der Waals surface area (Å²) in [5, 5.41) is 3.63. The summed E-state index contributed by atoms with van der Waals surface area (Å²) in [5.41, 5.74) is 1.17. The number of rotatable bonds is 12. The maximum atomic E-state index is 14.2. The normalized spacial score (nSPS) is 14.6. The third-order valence-electron chi connectivity index (χ3n) is 7.57. The van der Waals surface area contributed by atoms with Crippen LogP contribution in [0.3, 0.4) is 0 Å². The first kappa shape index (κ1) is 31.9. The van der Waals surface area contributed by atoms with Crippen molar-refractivity contribution in [2.24, 2.45) is 0 Å². The predicted octanol–water partition coefficient (Wildman–Crippen LogP) is 6.49. The number of amides is 2. The Morgan fingerprint density at radius 3 is 2.10 bits per heavy atom. The van der Waals surface area contributed by atoms with E-state index in [4.69, 9.17) is 23.2 Å². The van der Waals surface area contributed by atoms with Crippen molar-refractivity contribution in [3.05, 3.63) is 94.5 Å². The average Bonchev–Trinajstić information content (AvgIpc) is 2.98. The Bertz CT molecular complexity index is 1430. The first-order valence-electron chi connectivity index (χ1n) is 14.4. The number of carbonyl (C=O) groups is 2. The number of nitrogens with one attached hydrogen (secondary N) is 1. The van der Waals surface area contributed by atoms with Gasteiger partial charge in [-0.15, -0.1) is 0 Å². The van der Waals surface area contributed by atoms with Crippen molar-refractivity contribution >= 4 is 50.7 Å². The van der Waals surface area contributed by atoms with E-state index in [2.05, 4.69) is 5.32 Å². The first-order valence-corrected chi connectivity index (χ1v) is 16.6. The van der Waals surface area contributed by atoms with Gasteiger partial charge in [0.2, 0.25) is 11.8 Å². The van der Waals surface area contributed by atoms with Crippen molar-refractivity contribution in [1.29, 1.82) is 0 Å². The van der Waals surface area contributed by atoms with E-state index in [-0.39, 0.29) is 39.1 Å². The highest BCUT2D eigenvalue weighted by atomic mass is 35.5. The molecule has 3 aromatic carbocycles. The first-order chi connectivity index (χ1) is 20.2. The van der Waals surface area contributed by atoms with Crippen LogP contribution in [0.25, 0.3) is 0 Å². The number of anilines is 1. The van der Waals surface area contributed by atoms with Gasteiger partial charge in [0.05, 0.1) is 10.6 Å². The zero-order valence-corrected chi connectivity index (χ0v) is 26.0. The van der Waals surface area contributed by atoms with E-state index in [0.29, 0.717) is 12.8 Å². The molecule has 0 heterocycles. The van der Waals surface area contributed by atoms with Crippen LogP contribution < -0.4 is 9.62 Å². The molecule has 4 rings (SSSR count). The van der Waals surface area contributed by atoms with Crippen molar-refractivity contribution in [2.75, 3.05) is 17.4 Å². The maximum absolute atomic E-state index is 14.2. The van der Waals surface area contributed by atoms with E-state index in [1.54, 1.807) is 18.2 Å². The topological polar surface area (TPSA) is 86.8 Å². The van der Waals surface area contributed by atoms with Gasteiger partial charge in [0.15, 0.2) is 0 Å². The fraction of sp³-hybridized carbons (Fsp3) is 0.375. The molecule has 0 aromatic heterocycles. The van der Waals surface area contributed by atoms with Gasteiger partial charge < -0.3 is 10.2 Å². The van der Waals surface area contributed by atoms with Crippen molar-refractivity contribution in [1.82, 2.24) is 10.2 Å². The molecule has 1 aliphatic carbocycles. The van der Waals surface area contributed by atoms with Crippen molar-refractivity contribution < 1.29 is 18.0 Å². The van der Waals surface area contributed by atoms with Gasteiger partial charge in [0.25, 0.3) is 10.0 Å². The molecule has 10 heteroatoms. The van der Waals surface area contributed by atoms with Gasteiger partial charge >= 0.3 is 0 Å². The number of benzene rings is 3. The molecule has 3 aromatic rings. The van der Waals surface area contributed by atoms with E-state index in [0.717, 1.165) is 42.0 Å². The van der Waals surface area contributed by atoms with Crippen LogP contribution in [0.5, 0.6) is 0 Å². The van der Waals surface area contributed by atoms with Gasteiger partial charge in [-0.25, -0.2) is 8.42 Å².